The molecule has 1 saturated carbocycles. The Hall–Kier alpha value is -2.77. The molecule has 27 heavy (non-hydrogen) atoms. The summed E-state index contributed by atoms with van der Waals surface area (Å²) in [4.78, 5) is 38.3. The van der Waals surface area contributed by atoms with Crippen molar-refractivity contribution in [1.29, 1.82) is 0 Å². The Bertz CT molecular complexity index is 929. The molecule has 3 unspecified atom stereocenters. The van der Waals surface area contributed by atoms with Crippen LogP contribution in [-0.2, 0) is 19.1 Å². The van der Waals surface area contributed by atoms with Crippen molar-refractivity contribution >= 4 is 34.4 Å². The summed E-state index contributed by atoms with van der Waals surface area (Å²) >= 11 is 0. The summed E-state index contributed by atoms with van der Waals surface area (Å²) in [5.74, 6) is -3.47. The molecular formula is C19H19FN2O5. The Morgan fingerprint density at radius 1 is 1.26 bits per heavy atom. The fourth-order valence-corrected chi connectivity index (χ4v) is 4.14. The third-order valence-electron chi connectivity index (χ3n) is 5.61. The van der Waals surface area contributed by atoms with Gasteiger partial charge in [-0.25, -0.2) is 9.29 Å². The van der Waals surface area contributed by atoms with Gasteiger partial charge in [0.25, 0.3) is 0 Å². The minimum atomic E-state index is -0.740. The number of fused-ring (bicyclic) bond motifs is 2. The van der Waals surface area contributed by atoms with Gasteiger partial charge in [-0.2, -0.15) is 0 Å². The average molecular weight is 374 g/mol. The standard InChI is InChI=1S/C19H19FN2O5/c1-9(19(25)26-2)16-12-7-14(13(20)8-15(12)27-21-16)22-17(23)10-5-3-4-6-11(10)18(22)24/h7-11H,3-6H2,1-2H3. The number of ether oxygens (including phenoxy) is 1. The third-order valence-corrected chi connectivity index (χ3v) is 5.61. The van der Waals surface area contributed by atoms with Gasteiger partial charge in [0.1, 0.15) is 11.6 Å². The van der Waals surface area contributed by atoms with E-state index in [9.17, 15) is 18.8 Å². The van der Waals surface area contributed by atoms with Crippen LogP contribution < -0.4 is 4.90 Å². The van der Waals surface area contributed by atoms with Gasteiger partial charge in [0.2, 0.25) is 11.8 Å². The van der Waals surface area contributed by atoms with Gasteiger partial charge in [0.15, 0.2) is 11.4 Å². The molecule has 4 rings (SSSR count). The third kappa shape index (κ3) is 2.62. The fourth-order valence-electron chi connectivity index (χ4n) is 4.14. The minimum absolute atomic E-state index is 0.117. The van der Waals surface area contributed by atoms with Gasteiger partial charge >= 0.3 is 5.97 Å². The number of amides is 2. The van der Waals surface area contributed by atoms with Crippen LogP contribution in [-0.4, -0.2) is 30.1 Å². The number of benzene rings is 1. The maximum Gasteiger partial charge on any atom is 0.314 e. The Morgan fingerprint density at radius 3 is 2.48 bits per heavy atom. The van der Waals surface area contributed by atoms with E-state index in [-0.39, 0.29) is 40.6 Å². The molecule has 0 N–H and O–H groups in total. The van der Waals surface area contributed by atoms with Crippen LogP contribution in [0.3, 0.4) is 0 Å². The molecule has 0 bridgehead atoms. The highest BCUT2D eigenvalue weighted by Crippen LogP contribution is 2.42. The van der Waals surface area contributed by atoms with E-state index >= 15 is 0 Å². The molecule has 1 aromatic carbocycles. The molecule has 2 aromatic rings. The number of aromatic nitrogens is 1. The predicted octanol–water partition coefficient (Wildman–Crippen LogP) is 2.92. The summed E-state index contributed by atoms with van der Waals surface area (Å²) in [5.41, 5.74) is 0.293. The van der Waals surface area contributed by atoms with E-state index in [1.807, 2.05) is 0 Å². The Morgan fingerprint density at radius 2 is 1.89 bits per heavy atom. The number of esters is 1. The number of carbonyl (C=O) groups is 3. The molecule has 3 atom stereocenters. The first-order valence-corrected chi connectivity index (χ1v) is 8.98. The maximum atomic E-state index is 14.7. The van der Waals surface area contributed by atoms with E-state index in [1.54, 1.807) is 6.92 Å². The van der Waals surface area contributed by atoms with Crippen LogP contribution in [0.15, 0.2) is 16.7 Å². The number of anilines is 1. The van der Waals surface area contributed by atoms with Crippen molar-refractivity contribution in [2.24, 2.45) is 11.8 Å². The lowest BCUT2D eigenvalue weighted by molar-refractivity contribution is -0.142. The highest BCUT2D eigenvalue weighted by atomic mass is 19.1. The molecule has 1 saturated heterocycles. The Kier molecular flexibility index (Phi) is 4.20. The lowest BCUT2D eigenvalue weighted by atomic mass is 9.81. The van der Waals surface area contributed by atoms with Crippen molar-refractivity contribution < 1.29 is 28.0 Å². The monoisotopic (exact) mass is 374 g/mol. The zero-order chi connectivity index (χ0) is 19.3. The topological polar surface area (TPSA) is 89.7 Å². The summed E-state index contributed by atoms with van der Waals surface area (Å²) in [7, 11) is 1.26. The molecule has 1 aliphatic heterocycles. The number of carbonyl (C=O) groups excluding carboxylic acids is 3. The quantitative estimate of drug-likeness (QED) is 0.606. The van der Waals surface area contributed by atoms with Gasteiger partial charge in [-0.1, -0.05) is 18.0 Å². The molecule has 2 aliphatic rings. The van der Waals surface area contributed by atoms with E-state index in [2.05, 4.69) is 5.16 Å². The molecule has 0 spiro atoms. The second kappa shape index (κ2) is 6.44. The maximum absolute atomic E-state index is 14.7. The number of halogens is 1. The van der Waals surface area contributed by atoms with Crippen LogP contribution >= 0.6 is 0 Å². The van der Waals surface area contributed by atoms with Crippen LogP contribution in [0.1, 0.15) is 44.2 Å². The zero-order valence-corrected chi connectivity index (χ0v) is 15.0. The number of imide groups is 1. The van der Waals surface area contributed by atoms with Gasteiger partial charge in [0.05, 0.1) is 24.6 Å². The van der Waals surface area contributed by atoms with Gasteiger partial charge in [-0.3, -0.25) is 14.4 Å². The molecule has 142 valence electrons. The minimum Gasteiger partial charge on any atom is -0.469 e. The summed E-state index contributed by atoms with van der Waals surface area (Å²) in [6, 6.07) is 2.46. The van der Waals surface area contributed by atoms with Gasteiger partial charge in [-0.15, -0.1) is 0 Å². The average Bonchev–Trinajstić information content (AvgIpc) is 3.19. The molecule has 2 amide bonds. The van der Waals surface area contributed by atoms with Crippen LogP contribution in [0.5, 0.6) is 0 Å². The van der Waals surface area contributed by atoms with Gasteiger partial charge < -0.3 is 9.26 Å². The second-order valence-electron chi connectivity index (χ2n) is 7.12. The summed E-state index contributed by atoms with van der Waals surface area (Å²) in [6.07, 6.45) is 3.07. The van der Waals surface area contributed by atoms with E-state index < -0.39 is 17.7 Å². The summed E-state index contributed by atoms with van der Waals surface area (Å²) < 4.78 is 24.6. The van der Waals surface area contributed by atoms with E-state index in [1.165, 1.54) is 13.2 Å². The summed E-state index contributed by atoms with van der Waals surface area (Å²) in [5, 5.41) is 4.23. The predicted molar refractivity (Wildman–Crippen MR) is 92.3 cm³/mol. The van der Waals surface area contributed by atoms with Crippen LogP contribution in [0.2, 0.25) is 0 Å². The molecule has 0 radical (unpaired) electrons. The van der Waals surface area contributed by atoms with Crippen molar-refractivity contribution in [1.82, 2.24) is 5.16 Å². The van der Waals surface area contributed by atoms with Crippen LogP contribution in [0, 0.1) is 17.7 Å². The van der Waals surface area contributed by atoms with Crippen molar-refractivity contribution in [3.63, 3.8) is 0 Å². The van der Waals surface area contributed by atoms with Gasteiger partial charge in [-0.05, 0) is 25.8 Å². The van der Waals surface area contributed by atoms with Gasteiger partial charge in [0, 0.05) is 11.5 Å². The number of hydrogen-bond donors (Lipinski definition) is 0. The van der Waals surface area contributed by atoms with Crippen molar-refractivity contribution in [3.8, 4) is 0 Å². The number of nitrogens with zero attached hydrogens (tertiary/aromatic N) is 2. The van der Waals surface area contributed by atoms with Crippen molar-refractivity contribution in [2.45, 2.75) is 38.5 Å². The first-order chi connectivity index (χ1) is 12.9. The SMILES string of the molecule is COC(=O)C(C)c1noc2cc(F)c(N3C(=O)C4CCCCC4C3=O)cc12. The van der Waals surface area contributed by atoms with Crippen LogP contribution in [0.25, 0.3) is 11.0 Å². The smallest absolute Gasteiger partial charge is 0.314 e. The largest absolute Gasteiger partial charge is 0.469 e. The molecule has 1 aliphatic carbocycles. The highest BCUT2D eigenvalue weighted by Gasteiger charge is 2.49. The first kappa shape index (κ1) is 17.6. The highest BCUT2D eigenvalue weighted by molar-refractivity contribution is 6.22. The first-order valence-electron chi connectivity index (χ1n) is 8.98. The molecule has 2 heterocycles. The number of rotatable bonds is 3. The molecule has 8 heteroatoms. The van der Waals surface area contributed by atoms with Crippen LogP contribution in [0.4, 0.5) is 10.1 Å². The number of hydrogen-bond acceptors (Lipinski definition) is 6. The molecule has 7 nitrogen and oxygen atoms in total. The fraction of sp³-hybridized carbons (Fsp3) is 0.474. The lowest BCUT2D eigenvalue weighted by Crippen LogP contribution is -2.31. The van der Waals surface area contributed by atoms with Crippen molar-refractivity contribution in [2.75, 3.05) is 12.0 Å². The molecule has 2 fully saturated rings. The summed E-state index contributed by atoms with van der Waals surface area (Å²) in [6.45, 7) is 1.59. The van der Waals surface area contributed by atoms with E-state index in [0.717, 1.165) is 23.8 Å². The Labute approximate surface area is 154 Å². The molecular weight excluding hydrogens is 355 g/mol. The normalized spacial score (nSPS) is 23.6. The Balaban J connectivity index is 1.80. The van der Waals surface area contributed by atoms with Crippen molar-refractivity contribution in [3.05, 3.63) is 23.6 Å². The second-order valence-corrected chi connectivity index (χ2v) is 7.12. The lowest BCUT2D eigenvalue weighted by Gasteiger charge is -2.19. The molecule has 1 aromatic heterocycles. The zero-order valence-electron chi connectivity index (χ0n) is 15.0. The number of methoxy groups -OCH3 is 1. The van der Waals surface area contributed by atoms with E-state index in [4.69, 9.17) is 9.26 Å². The van der Waals surface area contributed by atoms with E-state index in [0.29, 0.717) is 18.2 Å².